The minimum atomic E-state index is -0.556. The first-order valence-electron chi connectivity index (χ1n) is 2.26. The molecule has 1 rings (SSSR count). The van der Waals surface area contributed by atoms with E-state index in [9.17, 15) is 4.39 Å². The van der Waals surface area contributed by atoms with E-state index >= 15 is 0 Å². The zero-order valence-corrected chi connectivity index (χ0v) is 4.50. The lowest BCUT2D eigenvalue weighted by Gasteiger charge is -1.87. The molecular formula is C6H3FN2. The van der Waals surface area contributed by atoms with Crippen molar-refractivity contribution in [1.29, 1.82) is 0 Å². The Balaban J connectivity index is 3.20. The molecule has 0 spiro atoms. The van der Waals surface area contributed by atoms with Gasteiger partial charge in [0.25, 0.3) is 0 Å². The highest BCUT2D eigenvalue weighted by atomic mass is 19.1. The van der Waals surface area contributed by atoms with Crippen molar-refractivity contribution in [2.24, 2.45) is 0 Å². The summed E-state index contributed by atoms with van der Waals surface area (Å²) in [5, 5.41) is 0. The van der Waals surface area contributed by atoms with Gasteiger partial charge in [-0.2, -0.15) is 0 Å². The monoisotopic (exact) mass is 122 g/mol. The second-order valence-electron chi connectivity index (χ2n) is 1.36. The van der Waals surface area contributed by atoms with Crippen molar-refractivity contribution < 1.29 is 4.39 Å². The molecule has 0 aromatic carbocycles. The Kier molecular flexibility index (Phi) is 1.41. The molecule has 0 atom stereocenters. The van der Waals surface area contributed by atoms with E-state index in [0.717, 1.165) is 6.20 Å². The van der Waals surface area contributed by atoms with Gasteiger partial charge < -0.3 is 0 Å². The summed E-state index contributed by atoms with van der Waals surface area (Å²) in [5.41, 5.74) is 0.00463. The van der Waals surface area contributed by atoms with E-state index in [0.29, 0.717) is 0 Å². The molecule has 2 nitrogen and oxygen atoms in total. The maximum absolute atomic E-state index is 12.3. The Morgan fingerprint density at radius 1 is 1.67 bits per heavy atom. The third kappa shape index (κ3) is 1.03. The summed E-state index contributed by atoms with van der Waals surface area (Å²) in [7, 11) is 0. The number of rotatable bonds is 0. The number of hydrogen-bond acceptors (Lipinski definition) is 2. The van der Waals surface area contributed by atoms with Crippen molar-refractivity contribution in [2.75, 3.05) is 0 Å². The van der Waals surface area contributed by atoms with Crippen molar-refractivity contribution in [3.05, 3.63) is 24.0 Å². The predicted molar refractivity (Wildman–Crippen MR) is 29.9 cm³/mol. The lowest BCUT2D eigenvalue weighted by Crippen LogP contribution is -1.88. The first kappa shape index (κ1) is 5.70. The summed E-state index contributed by atoms with van der Waals surface area (Å²) in [6, 6.07) is 0. The van der Waals surface area contributed by atoms with Crippen LogP contribution in [0.2, 0.25) is 0 Å². The van der Waals surface area contributed by atoms with Gasteiger partial charge in [-0.1, -0.05) is 0 Å². The van der Waals surface area contributed by atoms with Crippen molar-refractivity contribution in [1.82, 2.24) is 9.97 Å². The van der Waals surface area contributed by atoms with Gasteiger partial charge in [-0.25, -0.2) is 14.4 Å². The van der Waals surface area contributed by atoms with Crippen LogP contribution in [0.1, 0.15) is 5.69 Å². The van der Waals surface area contributed by atoms with Crippen LogP contribution in [0.15, 0.2) is 12.5 Å². The molecule has 0 radical (unpaired) electrons. The van der Waals surface area contributed by atoms with E-state index in [1.165, 1.54) is 6.33 Å². The third-order valence-corrected chi connectivity index (χ3v) is 0.804. The quantitative estimate of drug-likeness (QED) is 0.471. The topological polar surface area (TPSA) is 25.8 Å². The minimum Gasteiger partial charge on any atom is -0.242 e. The molecule has 0 aliphatic rings. The van der Waals surface area contributed by atoms with E-state index in [2.05, 4.69) is 15.9 Å². The standard InChI is InChI=1S/C6H3FN2/c1-2-6-5(7)3-8-4-9-6/h1,3-4H. The van der Waals surface area contributed by atoms with Crippen molar-refractivity contribution >= 4 is 0 Å². The molecule has 0 N–H and O–H groups in total. The van der Waals surface area contributed by atoms with E-state index in [1.54, 1.807) is 0 Å². The van der Waals surface area contributed by atoms with E-state index in [-0.39, 0.29) is 5.69 Å². The second-order valence-corrected chi connectivity index (χ2v) is 1.36. The molecule has 3 heteroatoms. The summed E-state index contributed by atoms with van der Waals surface area (Å²) >= 11 is 0. The Bertz CT molecular complexity index is 251. The van der Waals surface area contributed by atoms with Crippen LogP contribution in [-0.2, 0) is 0 Å². The highest BCUT2D eigenvalue weighted by molar-refractivity contribution is 5.22. The SMILES string of the molecule is C#Cc1ncncc1F. The van der Waals surface area contributed by atoms with Crippen LogP contribution >= 0.6 is 0 Å². The van der Waals surface area contributed by atoms with Gasteiger partial charge in [0.1, 0.15) is 6.33 Å². The summed E-state index contributed by atoms with van der Waals surface area (Å²) in [6.45, 7) is 0. The zero-order chi connectivity index (χ0) is 6.69. The summed E-state index contributed by atoms with van der Waals surface area (Å²) in [4.78, 5) is 6.89. The van der Waals surface area contributed by atoms with Crippen LogP contribution in [0, 0.1) is 18.2 Å². The molecule has 0 amide bonds. The molecule has 0 bridgehead atoms. The molecule has 1 aromatic heterocycles. The maximum Gasteiger partial charge on any atom is 0.175 e. The van der Waals surface area contributed by atoms with Gasteiger partial charge in [0.05, 0.1) is 6.20 Å². The third-order valence-electron chi connectivity index (χ3n) is 0.804. The Hall–Kier alpha value is -1.43. The van der Waals surface area contributed by atoms with Crippen molar-refractivity contribution in [3.63, 3.8) is 0 Å². The Labute approximate surface area is 51.8 Å². The van der Waals surface area contributed by atoms with Gasteiger partial charge in [-0.15, -0.1) is 6.42 Å². The highest BCUT2D eigenvalue weighted by Crippen LogP contribution is 1.96. The molecule has 44 valence electrons. The lowest BCUT2D eigenvalue weighted by atomic mass is 10.4. The zero-order valence-electron chi connectivity index (χ0n) is 4.50. The summed E-state index contributed by atoms with van der Waals surface area (Å²) < 4.78 is 12.3. The number of hydrogen-bond donors (Lipinski definition) is 0. The molecule has 0 unspecified atom stereocenters. The van der Waals surface area contributed by atoms with Crippen LogP contribution in [0.25, 0.3) is 0 Å². The van der Waals surface area contributed by atoms with Crippen LogP contribution in [0.4, 0.5) is 4.39 Å². The van der Waals surface area contributed by atoms with Crippen LogP contribution < -0.4 is 0 Å². The molecule has 0 aliphatic heterocycles. The first-order valence-corrected chi connectivity index (χ1v) is 2.26. The predicted octanol–water partition coefficient (Wildman–Crippen LogP) is 0.597. The van der Waals surface area contributed by atoms with Gasteiger partial charge >= 0.3 is 0 Å². The molecular weight excluding hydrogens is 119 g/mol. The number of aromatic nitrogens is 2. The second kappa shape index (κ2) is 2.23. The van der Waals surface area contributed by atoms with Crippen LogP contribution in [0.5, 0.6) is 0 Å². The van der Waals surface area contributed by atoms with Crippen LogP contribution in [0.3, 0.4) is 0 Å². The molecule has 0 fully saturated rings. The fourth-order valence-corrected chi connectivity index (χ4v) is 0.419. The van der Waals surface area contributed by atoms with Gasteiger partial charge in [-0.3, -0.25) is 0 Å². The van der Waals surface area contributed by atoms with Gasteiger partial charge in [0, 0.05) is 0 Å². The molecule has 0 aliphatic carbocycles. The summed E-state index contributed by atoms with van der Waals surface area (Å²) in [5.74, 6) is 1.51. The Morgan fingerprint density at radius 2 is 2.44 bits per heavy atom. The van der Waals surface area contributed by atoms with Gasteiger partial charge in [0.15, 0.2) is 11.5 Å². The fourth-order valence-electron chi connectivity index (χ4n) is 0.419. The van der Waals surface area contributed by atoms with Gasteiger partial charge in [-0.05, 0) is 5.92 Å². The average Bonchev–Trinajstić information content (AvgIpc) is 1.89. The van der Waals surface area contributed by atoms with E-state index in [1.807, 2.05) is 0 Å². The van der Waals surface area contributed by atoms with E-state index in [4.69, 9.17) is 6.42 Å². The maximum atomic E-state index is 12.3. The lowest BCUT2D eigenvalue weighted by molar-refractivity contribution is 0.609. The molecule has 0 saturated heterocycles. The molecule has 0 saturated carbocycles. The van der Waals surface area contributed by atoms with E-state index < -0.39 is 5.82 Å². The highest BCUT2D eigenvalue weighted by Gasteiger charge is 1.95. The van der Waals surface area contributed by atoms with Crippen molar-refractivity contribution in [2.45, 2.75) is 0 Å². The normalized spacial score (nSPS) is 8.44. The van der Waals surface area contributed by atoms with Crippen molar-refractivity contribution in [3.8, 4) is 12.3 Å². The van der Waals surface area contributed by atoms with Crippen LogP contribution in [-0.4, -0.2) is 9.97 Å². The largest absolute Gasteiger partial charge is 0.242 e. The average molecular weight is 122 g/mol. The first-order chi connectivity index (χ1) is 4.34. The Morgan fingerprint density at radius 3 is 2.89 bits per heavy atom. The van der Waals surface area contributed by atoms with Gasteiger partial charge in [0.2, 0.25) is 0 Å². The minimum absolute atomic E-state index is 0.00463. The fraction of sp³-hybridized carbons (Fsp3) is 0. The number of nitrogens with zero attached hydrogens (tertiary/aromatic N) is 2. The molecule has 9 heavy (non-hydrogen) atoms. The smallest absolute Gasteiger partial charge is 0.175 e. The number of halogens is 1. The molecule has 1 heterocycles. The number of terminal acetylenes is 1. The summed E-state index contributed by atoms with van der Waals surface area (Å²) in [6.07, 6.45) is 7.11. The molecule has 1 aromatic rings.